The molecule has 24 heavy (non-hydrogen) atoms. The Bertz CT molecular complexity index is 698. The first-order chi connectivity index (χ1) is 11.5. The van der Waals surface area contributed by atoms with E-state index in [1.165, 1.54) is 6.26 Å². The van der Waals surface area contributed by atoms with Gasteiger partial charge in [-0.1, -0.05) is 6.42 Å². The molecule has 1 aromatic rings. The Morgan fingerprint density at radius 3 is 2.88 bits per heavy atom. The van der Waals surface area contributed by atoms with Crippen LogP contribution in [0.3, 0.4) is 0 Å². The largest absolute Gasteiger partial charge is 0.351 e. The predicted molar refractivity (Wildman–Crippen MR) is 91.4 cm³/mol. The zero-order valence-corrected chi connectivity index (χ0v) is 15.0. The van der Waals surface area contributed by atoms with Crippen LogP contribution < -0.4 is 5.32 Å². The minimum Gasteiger partial charge on any atom is -0.351 e. The number of fused-ring (bicyclic) bond motifs is 1. The summed E-state index contributed by atoms with van der Waals surface area (Å²) in [4.78, 5) is 12.4. The zero-order valence-electron chi connectivity index (χ0n) is 14.2. The van der Waals surface area contributed by atoms with E-state index in [-0.39, 0.29) is 11.9 Å². The number of amides is 1. The van der Waals surface area contributed by atoms with Crippen molar-refractivity contribution in [2.24, 2.45) is 0 Å². The molecule has 7 nitrogen and oxygen atoms in total. The first kappa shape index (κ1) is 17.4. The highest BCUT2D eigenvalue weighted by molar-refractivity contribution is 7.88. The minimum atomic E-state index is -3.18. The van der Waals surface area contributed by atoms with Gasteiger partial charge in [0.2, 0.25) is 10.0 Å². The van der Waals surface area contributed by atoms with Crippen molar-refractivity contribution in [2.75, 3.05) is 19.3 Å². The summed E-state index contributed by atoms with van der Waals surface area (Å²) in [6.07, 6.45) is 8.82. The van der Waals surface area contributed by atoms with Gasteiger partial charge in [-0.05, 0) is 44.9 Å². The number of nitrogens with zero attached hydrogens (tertiary/aromatic N) is 2. The molecule has 0 saturated carbocycles. The number of carbonyl (C=O) groups excluding carboxylic acids is 1. The lowest BCUT2D eigenvalue weighted by Crippen LogP contribution is -2.44. The molecule has 1 unspecified atom stereocenters. The Labute approximate surface area is 143 Å². The molecule has 3 rings (SSSR count). The van der Waals surface area contributed by atoms with E-state index in [2.05, 4.69) is 15.5 Å². The second-order valence-electron chi connectivity index (χ2n) is 6.80. The normalized spacial score (nSPS) is 22.1. The van der Waals surface area contributed by atoms with Crippen molar-refractivity contribution < 1.29 is 13.2 Å². The topological polar surface area (TPSA) is 95.2 Å². The molecule has 2 aliphatic rings. The summed E-state index contributed by atoms with van der Waals surface area (Å²) in [6.45, 7) is 1.06. The molecule has 1 aromatic heterocycles. The van der Waals surface area contributed by atoms with Gasteiger partial charge in [-0.2, -0.15) is 9.40 Å². The van der Waals surface area contributed by atoms with Crippen molar-refractivity contribution in [3.8, 4) is 0 Å². The first-order valence-corrected chi connectivity index (χ1v) is 10.6. The third kappa shape index (κ3) is 3.80. The maximum atomic E-state index is 12.4. The zero-order chi connectivity index (χ0) is 17.2. The summed E-state index contributed by atoms with van der Waals surface area (Å²) in [5.41, 5.74) is 2.64. The molecule has 2 N–H and O–H groups in total. The lowest BCUT2D eigenvalue weighted by Gasteiger charge is -2.33. The number of aromatic nitrogens is 2. The summed E-state index contributed by atoms with van der Waals surface area (Å²) < 4.78 is 25.3. The molecule has 134 valence electrons. The summed E-state index contributed by atoms with van der Waals surface area (Å²) in [5.74, 6) is -0.156. The summed E-state index contributed by atoms with van der Waals surface area (Å²) in [6, 6.07) is -0.0119. The predicted octanol–water partition coefficient (Wildman–Crippen LogP) is 1.22. The van der Waals surface area contributed by atoms with Gasteiger partial charge in [-0.3, -0.25) is 9.89 Å². The molecule has 1 saturated heterocycles. The number of carbonyl (C=O) groups is 1. The lowest BCUT2D eigenvalue weighted by atomic mass is 9.96. The maximum Gasteiger partial charge on any atom is 0.272 e. The Morgan fingerprint density at radius 1 is 1.29 bits per heavy atom. The van der Waals surface area contributed by atoms with Crippen LogP contribution in [-0.4, -0.2) is 54.2 Å². The molecule has 1 amide bonds. The Morgan fingerprint density at radius 2 is 2.08 bits per heavy atom. The molecule has 8 heteroatoms. The van der Waals surface area contributed by atoms with E-state index in [0.29, 0.717) is 25.2 Å². The SMILES string of the molecule is CS(=O)(=O)N1CCCCC1CCNC(=O)c1n[nH]c2c1CCCC2. The van der Waals surface area contributed by atoms with Gasteiger partial charge in [0.15, 0.2) is 5.69 Å². The quantitative estimate of drug-likeness (QED) is 0.831. The van der Waals surface area contributed by atoms with Crippen LogP contribution in [0.25, 0.3) is 0 Å². The van der Waals surface area contributed by atoms with E-state index in [1.807, 2.05) is 0 Å². The summed E-state index contributed by atoms with van der Waals surface area (Å²) in [7, 11) is -3.18. The highest BCUT2D eigenvalue weighted by Crippen LogP contribution is 2.23. The highest BCUT2D eigenvalue weighted by atomic mass is 32.2. The second-order valence-corrected chi connectivity index (χ2v) is 8.74. The van der Waals surface area contributed by atoms with Crippen molar-refractivity contribution in [1.82, 2.24) is 19.8 Å². The average Bonchev–Trinajstić information content (AvgIpc) is 2.98. The van der Waals surface area contributed by atoms with Gasteiger partial charge >= 0.3 is 0 Å². The molecule has 1 fully saturated rings. The number of aryl methyl sites for hydroxylation is 1. The van der Waals surface area contributed by atoms with Crippen LogP contribution >= 0.6 is 0 Å². The first-order valence-electron chi connectivity index (χ1n) is 8.78. The van der Waals surface area contributed by atoms with E-state index in [4.69, 9.17) is 0 Å². The number of aromatic amines is 1. The average molecular weight is 354 g/mol. The number of H-pyrrole nitrogens is 1. The standard InChI is InChI=1S/C16H26N4O3S/c1-24(22,23)20-11-5-4-6-12(20)9-10-17-16(21)15-13-7-2-3-8-14(13)18-19-15/h12H,2-11H2,1H3,(H,17,21)(H,18,19). The van der Waals surface area contributed by atoms with Gasteiger partial charge in [0, 0.05) is 30.4 Å². The van der Waals surface area contributed by atoms with Crippen LogP contribution in [0.1, 0.15) is 60.3 Å². The van der Waals surface area contributed by atoms with Gasteiger partial charge in [0.1, 0.15) is 0 Å². The fourth-order valence-corrected chi connectivity index (χ4v) is 5.02. The fourth-order valence-electron chi connectivity index (χ4n) is 3.80. The van der Waals surface area contributed by atoms with E-state index < -0.39 is 10.0 Å². The summed E-state index contributed by atoms with van der Waals surface area (Å²) in [5, 5.41) is 10.1. The maximum absolute atomic E-state index is 12.4. The molecule has 1 aliphatic heterocycles. The number of rotatable bonds is 5. The van der Waals surface area contributed by atoms with E-state index in [0.717, 1.165) is 56.2 Å². The lowest BCUT2D eigenvalue weighted by molar-refractivity contribution is 0.0943. The molecule has 2 heterocycles. The Hall–Kier alpha value is -1.41. The number of piperidine rings is 1. The van der Waals surface area contributed by atoms with Gasteiger partial charge < -0.3 is 5.32 Å². The number of hydrogen-bond donors (Lipinski definition) is 2. The number of hydrogen-bond acceptors (Lipinski definition) is 4. The molecular formula is C16H26N4O3S. The molecule has 1 aliphatic carbocycles. The van der Waals surface area contributed by atoms with Crippen molar-refractivity contribution in [3.63, 3.8) is 0 Å². The Kier molecular flexibility index (Phi) is 5.24. The molecule has 0 spiro atoms. The summed E-state index contributed by atoms with van der Waals surface area (Å²) >= 11 is 0. The van der Waals surface area contributed by atoms with Crippen LogP contribution in [0.4, 0.5) is 0 Å². The molecule has 0 radical (unpaired) electrons. The number of sulfonamides is 1. The Balaban J connectivity index is 1.56. The van der Waals surface area contributed by atoms with Crippen LogP contribution in [0.5, 0.6) is 0 Å². The van der Waals surface area contributed by atoms with Crippen molar-refractivity contribution in [2.45, 2.75) is 57.4 Å². The van der Waals surface area contributed by atoms with Gasteiger partial charge in [-0.25, -0.2) is 8.42 Å². The smallest absolute Gasteiger partial charge is 0.272 e. The third-order valence-electron chi connectivity index (χ3n) is 5.03. The van der Waals surface area contributed by atoms with Crippen molar-refractivity contribution in [1.29, 1.82) is 0 Å². The van der Waals surface area contributed by atoms with Gasteiger partial charge in [0.05, 0.1) is 6.26 Å². The monoisotopic (exact) mass is 354 g/mol. The number of nitrogens with one attached hydrogen (secondary N) is 2. The van der Waals surface area contributed by atoms with E-state index >= 15 is 0 Å². The van der Waals surface area contributed by atoms with E-state index in [1.54, 1.807) is 4.31 Å². The molecular weight excluding hydrogens is 328 g/mol. The minimum absolute atomic E-state index is 0.0119. The van der Waals surface area contributed by atoms with Crippen LogP contribution in [0.2, 0.25) is 0 Å². The second kappa shape index (κ2) is 7.23. The molecule has 0 aromatic carbocycles. The molecule has 1 atom stereocenters. The van der Waals surface area contributed by atoms with Crippen LogP contribution in [0, 0.1) is 0 Å². The van der Waals surface area contributed by atoms with Gasteiger partial charge in [0.25, 0.3) is 5.91 Å². The fraction of sp³-hybridized carbons (Fsp3) is 0.750. The highest BCUT2D eigenvalue weighted by Gasteiger charge is 2.29. The van der Waals surface area contributed by atoms with Crippen molar-refractivity contribution >= 4 is 15.9 Å². The van der Waals surface area contributed by atoms with Crippen LogP contribution in [0.15, 0.2) is 0 Å². The van der Waals surface area contributed by atoms with E-state index in [9.17, 15) is 13.2 Å². The van der Waals surface area contributed by atoms with Gasteiger partial charge in [-0.15, -0.1) is 0 Å². The van der Waals surface area contributed by atoms with Crippen molar-refractivity contribution in [3.05, 3.63) is 17.0 Å². The molecule has 0 bridgehead atoms. The van der Waals surface area contributed by atoms with Crippen LogP contribution in [-0.2, 0) is 22.9 Å². The third-order valence-corrected chi connectivity index (χ3v) is 6.37.